The molecule has 2 unspecified atom stereocenters. The standard InChI is InChI=1S/C22H27ClN4O3/c1-5-7-15-18(21(28)29-6-2)17(14-10-25-27-20(14)26-15)13-8-12(23)9-16-19(13)30-22(3,4)11-24-16/h8-10,17-18,24H,5-7,11H2,1-4H3,(H,25,27). The van der Waals surface area contributed by atoms with E-state index in [1.807, 2.05) is 32.9 Å². The van der Waals surface area contributed by atoms with Crippen LogP contribution in [0.15, 0.2) is 23.3 Å². The summed E-state index contributed by atoms with van der Waals surface area (Å²) in [4.78, 5) is 17.9. The molecule has 8 heteroatoms. The van der Waals surface area contributed by atoms with Crippen LogP contribution in [0.2, 0.25) is 5.02 Å². The van der Waals surface area contributed by atoms with Crippen LogP contribution < -0.4 is 10.1 Å². The molecule has 160 valence electrons. The molecule has 0 saturated heterocycles. The van der Waals surface area contributed by atoms with Gasteiger partial charge in [-0.1, -0.05) is 24.9 Å². The van der Waals surface area contributed by atoms with Gasteiger partial charge < -0.3 is 14.8 Å². The molecule has 3 heterocycles. The van der Waals surface area contributed by atoms with E-state index >= 15 is 0 Å². The Kier molecular flexibility index (Phi) is 5.49. The van der Waals surface area contributed by atoms with E-state index in [9.17, 15) is 4.79 Å². The van der Waals surface area contributed by atoms with Crippen molar-refractivity contribution in [1.29, 1.82) is 0 Å². The number of nitrogens with one attached hydrogen (secondary N) is 2. The topological polar surface area (TPSA) is 88.6 Å². The Labute approximate surface area is 181 Å². The molecule has 2 atom stereocenters. The number of ether oxygens (including phenoxy) is 2. The van der Waals surface area contributed by atoms with Crippen LogP contribution in [-0.4, -0.2) is 40.6 Å². The maximum absolute atomic E-state index is 13.2. The van der Waals surface area contributed by atoms with E-state index in [1.54, 1.807) is 6.20 Å². The molecule has 7 nitrogen and oxygen atoms in total. The van der Waals surface area contributed by atoms with Crippen molar-refractivity contribution in [2.24, 2.45) is 10.9 Å². The predicted molar refractivity (Wildman–Crippen MR) is 117 cm³/mol. The smallest absolute Gasteiger partial charge is 0.315 e. The summed E-state index contributed by atoms with van der Waals surface area (Å²) in [5, 5.41) is 11.2. The summed E-state index contributed by atoms with van der Waals surface area (Å²) in [6.07, 6.45) is 3.28. The van der Waals surface area contributed by atoms with E-state index in [-0.39, 0.29) is 11.9 Å². The number of nitrogens with zero attached hydrogens (tertiary/aromatic N) is 2. The minimum absolute atomic E-state index is 0.293. The summed E-state index contributed by atoms with van der Waals surface area (Å²) in [5.41, 5.74) is 2.88. The maximum Gasteiger partial charge on any atom is 0.315 e. The first-order valence-electron chi connectivity index (χ1n) is 10.4. The number of aromatic amines is 1. The summed E-state index contributed by atoms with van der Waals surface area (Å²) in [7, 11) is 0. The van der Waals surface area contributed by atoms with Crippen molar-refractivity contribution >= 4 is 34.8 Å². The normalized spacial score (nSPS) is 21.6. The lowest BCUT2D eigenvalue weighted by Crippen LogP contribution is -2.41. The van der Waals surface area contributed by atoms with Crippen LogP contribution in [0, 0.1) is 5.92 Å². The first-order valence-corrected chi connectivity index (χ1v) is 10.8. The average molecular weight is 431 g/mol. The fourth-order valence-corrected chi connectivity index (χ4v) is 4.45. The number of benzene rings is 1. The second-order valence-corrected chi connectivity index (χ2v) is 8.76. The van der Waals surface area contributed by atoms with Gasteiger partial charge in [-0.25, -0.2) is 4.99 Å². The third-order valence-electron chi connectivity index (χ3n) is 5.48. The van der Waals surface area contributed by atoms with E-state index < -0.39 is 11.5 Å². The number of esters is 1. The number of H-pyrrole nitrogens is 1. The Bertz CT molecular complexity index is 998. The Morgan fingerprint density at radius 1 is 1.33 bits per heavy atom. The van der Waals surface area contributed by atoms with E-state index in [0.717, 1.165) is 28.9 Å². The summed E-state index contributed by atoms with van der Waals surface area (Å²) < 4.78 is 11.9. The Hall–Kier alpha value is -2.54. The van der Waals surface area contributed by atoms with Crippen molar-refractivity contribution in [3.63, 3.8) is 0 Å². The Balaban J connectivity index is 1.93. The fraction of sp³-hybridized carbons (Fsp3) is 0.500. The van der Waals surface area contributed by atoms with Crippen molar-refractivity contribution < 1.29 is 14.3 Å². The van der Waals surface area contributed by atoms with Gasteiger partial charge in [-0.2, -0.15) is 5.10 Å². The molecule has 30 heavy (non-hydrogen) atoms. The predicted octanol–water partition coefficient (Wildman–Crippen LogP) is 4.84. The van der Waals surface area contributed by atoms with Gasteiger partial charge in [0, 0.05) is 27.8 Å². The third-order valence-corrected chi connectivity index (χ3v) is 5.70. The Morgan fingerprint density at radius 2 is 2.13 bits per heavy atom. The van der Waals surface area contributed by atoms with Crippen molar-refractivity contribution in [3.8, 4) is 5.75 Å². The molecule has 1 aromatic carbocycles. The van der Waals surface area contributed by atoms with Crippen molar-refractivity contribution in [1.82, 2.24) is 10.2 Å². The second kappa shape index (κ2) is 7.95. The monoisotopic (exact) mass is 430 g/mol. The number of carbonyl (C=O) groups excluding carboxylic acids is 1. The number of aromatic nitrogens is 2. The minimum Gasteiger partial charge on any atom is -0.484 e. The van der Waals surface area contributed by atoms with Gasteiger partial charge in [0.05, 0.1) is 25.0 Å². The zero-order chi connectivity index (χ0) is 21.5. The molecule has 0 fully saturated rings. The SMILES string of the molecule is CCCC1=Nc2[nH]ncc2C(c2cc(Cl)cc3c2OC(C)(C)CN3)C1C(=O)OCC. The minimum atomic E-state index is -0.564. The number of anilines is 1. The van der Waals surface area contributed by atoms with Gasteiger partial charge in [0.25, 0.3) is 0 Å². The van der Waals surface area contributed by atoms with Gasteiger partial charge >= 0.3 is 5.97 Å². The Morgan fingerprint density at radius 3 is 2.87 bits per heavy atom. The van der Waals surface area contributed by atoms with Gasteiger partial charge in [-0.3, -0.25) is 9.89 Å². The highest BCUT2D eigenvalue weighted by Gasteiger charge is 2.43. The number of aliphatic imine (C=N–C) groups is 1. The van der Waals surface area contributed by atoms with Crippen LogP contribution in [0.3, 0.4) is 0 Å². The summed E-state index contributed by atoms with van der Waals surface area (Å²) in [6.45, 7) is 8.89. The van der Waals surface area contributed by atoms with Crippen LogP contribution in [0.25, 0.3) is 0 Å². The summed E-state index contributed by atoms with van der Waals surface area (Å²) in [6, 6.07) is 3.74. The molecule has 2 N–H and O–H groups in total. The highest BCUT2D eigenvalue weighted by atomic mass is 35.5. The van der Waals surface area contributed by atoms with E-state index in [1.165, 1.54) is 0 Å². The van der Waals surface area contributed by atoms with Crippen molar-refractivity contribution in [2.75, 3.05) is 18.5 Å². The van der Waals surface area contributed by atoms with Gasteiger partial charge in [0.15, 0.2) is 5.82 Å². The number of hydrogen-bond donors (Lipinski definition) is 2. The molecule has 0 saturated carbocycles. The quantitative estimate of drug-likeness (QED) is 0.662. The van der Waals surface area contributed by atoms with Crippen LogP contribution in [0.1, 0.15) is 57.6 Å². The molecule has 1 aromatic heterocycles. The van der Waals surface area contributed by atoms with Crippen LogP contribution in [-0.2, 0) is 9.53 Å². The van der Waals surface area contributed by atoms with Gasteiger partial charge in [-0.05, 0) is 39.3 Å². The van der Waals surface area contributed by atoms with Gasteiger partial charge in [0.1, 0.15) is 17.3 Å². The first-order chi connectivity index (χ1) is 14.3. The number of fused-ring (bicyclic) bond motifs is 2. The molecule has 2 aromatic rings. The zero-order valence-electron chi connectivity index (χ0n) is 17.7. The molecule has 0 radical (unpaired) electrons. The maximum atomic E-state index is 13.2. The molecular weight excluding hydrogens is 404 g/mol. The molecular formula is C22H27ClN4O3. The van der Waals surface area contributed by atoms with E-state index in [0.29, 0.717) is 36.2 Å². The number of hydrogen-bond acceptors (Lipinski definition) is 6. The zero-order valence-corrected chi connectivity index (χ0v) is 18.5. The van der Waals surface area contributed by atoms with Crippen LogP contribution >= 0.6 is 11.6 Å². The fourth-order valence-electron chi connectivity index (χ4n) is 4.22. The third kappa shape index (κ3) is 3.67. The number of rotatable bonds is 5. The average Bonchev–Trinajstić information content (AvgIpc) is 3.15. The number of halogens is 1. The molecule has 2 aliphatic heterocycles. The first kappa shape index (κ1) is 20.7. The lowest BCUT2D eigenvalue weighted by molar-refractivity contribution is -0.146. The summed E-state index contributed by atoms with van der Waals surface area (Å²) in [5.74, 6) is 0.158. The summed E-state index contributed by atoms with van der Waals surface area (Å²) >= 11 is 6.49. The van der Waals surface area contributed by atoms with E-state index in [4.69, 9.17) is 26.1 Å². The molecule has 0 amide bonds. The van der Waals surface area contributed by atoms with E-state index in [2.05, 4.69) is 22.4 Å². The van der Waals surface area contributed by atoms with Crippen molar-refractivity contribution in [3.05, 3.63) is 34.5 Å². The number of carbonyl (C=O) groups is 1. The van der Waals surface area contributed by atoms with Gasteiger partial charge in [0.2, 0.25) is 0 Å². The highest BCUT2D eigenvalue weighted by molar-refractivity contribution is 6.31. The highest BCUT2D eigenvalue weighted by Crippen LogP contribution is 2.50. The van der Waals surface area contributed by atoms with Gasteiger partial charge in [-0.15, -0.1) is 0 Å². The lowest BCUT2D eigenvalue weighted by atomic mass is 9.75. The molecule has 0 aliphatic carbocycles. The molecule has 0 spiro atoms. The largest absolute Gasteiger partial charge is 0.484 e. The molecule has 0 bridgehead atoms. The molecule has 4 rings (SSSR count). The van der Waals surface area contributed by atoms with Crippen LogP contribution in [0.5, 0.6) is 5.75 Å². The van der Waals surface area contributed by atoms with Crippen molar-refractivity contribution in [2.45, 2.75) is 52.1 Å². The second-order valence-electron chi connectivity index (χ2n) is 8.32. The lowest BCUT2D eigenvalue weighted by Gasteiger charge is -2.38. The van der Waals surface area contributed by atoms with Crippen LogP contribution in [0.4, 0.5) is 11.5 Å². The molecule has 2 aliphatic rings.